The SMILES string of the molecule is CCc1n[nH]c(=S)n1-c1ccc(N(C)C)cc1. The van der Waals surface area contributed by atoms with Gasteiger partial charge in [0, 0.05) is 31.9 Å². The molecule has 0 amide bonds. The number of benzene rings is 1. The van der Waals surface area contributed by atoms with Crippen molar-refractivity contribution in [2.45, 2.75) is 13.3 Å². The number of H-pyrrole nitrogens is 1. The van der Waals surface area contributed by atoms with E-state index >= 15 is 0 Å². The summed E-state index contributed by atoms with van der Waals surface area (Å²) >= 11 is 5.24. The molecule has 0 atom stereocenters. The molecule has 0 saturated heterocycles. The Morgan fingerprint density at radius 3 is 2.47 bits per heavy atom. The van der Waals surface area contributed by atoms with E-state index in [4.69, 9.17) is 12.2 Å². The average molecular weight is 248 g/mol. The lowest BCUT2D eigenvalue weighted by Gasteiger charge is -2.13. The van der Waals surface area contributed by atoms with Crippen LogP contribution in [-0.2, 0) is 6.42 Å². The van der Waals surface area contributed by atoms with E-state index in [1.165, 1.54) is 5.69 Å². The molecule has 0 bridgehead atoms. The summed E-state index contributed by atoms with van der Waals surface area (Å²) in [5, 5.41) is 7.03. The molecule has 0 aliphatic heterocycles. The molecule has 0 saturated carbocycles. The van der Waals surface area contributed by atoms with Gasteiger partial charge in [-0.15, -0.1) is 0 Å². The zero-order valence-corrected chi connectivity index (χ0v) is 11.1. The molecule has 0 fully saturated rings. The lowest BCUT2D eigenvalue weighted by atomic mass is 10.2. The van der Waals surface area contributed by atoms with Crippen molar-refractivity contribution in [1.82, 2.24) is 14.8 Å². The maximum atomic E-state index is 5.24. The molecule has 0 aliphatic carbocycles. The van der Waals surface area contributed by atoms with E-state index in [2.05, 4.69) is 46.3 Å². The van der Waals surface area contributed by atoms with E-state index in [0.29, 0.717) is 4.77 Å². The summed E-state index contributed by atoms with van der Waals surface area (Å²) in [5.41, 5.74) is 2.22. The number of nitrogens with one attached hydrogen (secondary N) is 1. The topological polar surface area (TPSA) is 36.9 Å². The predicted molar refractivity (Wildman–Crippen MR) is 72.5 cm³/mol. The van der Waals surface area contributed by atoms with E-state index in [1.807, 2.05) is 18.7 Å². The van der Waals surface area contributed by atoms with Gasteiger partial charge in [0.15, 0.2) is 4.77 Å². The van der Waals surface area contributed by atoms with E-state index in [1.54, 1.807) is 0 Å². The molecule has 1 heterocycles. The van der Waals surface area contributed by atoms with Gasteiger partial charge in [0.25, 0.3) is 0 Å². The monoisotopic (exact) mass is 248 g/mol. The zero-order valence-electron chi connectivity index (χ0n) is 10.3. The van der Waals surface area contributed by atoms with E-state index in [0.717, 1.165) is 17.9 Å². The number of anilines is 1. The second-order valence-electron chi connectivity index (χ2n) is 4.04. The van der Waals surface area contributed by atoms with Gasteiger partial charge in [-0.05, 0) is 36.5 Å². The van der Waals surface area contributed by atoms with Gasteiger partial charge in [0.1, 0.15) is 5.82 Å². The molecule has 1 N–H and O–H groups in total. The lowest BCUT2D eigenvalue weighted by molar-refractivity contribution is 0.880. The van der Waals surface area contributed by atoms with Crippen LogP contribution in [0.3, 0.4) is 0 Å². The molecule has 0 unspecified atom stereocenters. The third-order valence-corrected chi connectivity index (χ3v) is 2.96. The van der Waals surface area contributed by atoms with Crippen LogP contribution in [0.5, 0.6) is 0 Å². The normalized spacial score (nSPS) is 10.5. The van der Waals surface area contributed by atoms with Crippen LogP contribution in [0.4, 0.5) is 5.69 Å². The second kappa shape index (κ2) is 4.71. The average Bonchev–Trinajstić information content (AvgIpc) is 2.70. The van der Waals surface area contributed by atoms with Gasteiger partial charge in [-0.2, -0.15) is 5.10 Å². The first-order chi connectivity index (χ1) is 8.13. The molecule has 4 nitrogen and oxygen atoms in total. The highest BCUT2D eigenvalue weighted by molar-refractivity contribution is 7.71. The minimum Gasteiger partial charge on any atom is -0.378 e. The van der Waals surface area contributed by atoms with Crippen molar-refractivity contribution >= 4 is 17.9 Å². The summed E-state index contributed by atoms with van der Waals surface area (Å²) in [6, 6.07) is 8.26. The first kappa shape index (κ1) is 11.9. The molecule has 17 heavy (non-hydrogen) atoms. The molecular formula is C12H16N4S. The summed E-state index contributed by atoms with van der Waals surface area (Å²) in [4.78, 5) is 2.07. The Morgan fingerprint density at radius 2 is 1.94 bits per heavy atom. The smallest absolute Gasteiger partial charge is 0.199 e. The maximum Gasteiger partial charge on any atom is 0.199 e. The Kier molecular flexibility index (Phi) is 3.28. The molecule has 90 valence electrons. The fourth-order valence-corrected chi connectivity index (χ4v) is 1.99. The fourth-order valence-electron chi connectivity index (χ4n) is 1.73. The second-order valence-corrected chi connectivity index (χ2v) is 4.43. The highest BCUT2D eigenvalue weighted by atomic mass is 32.1. The molecule has 1 aromatic carbocycles. The van der Waals surface area contributed by atoms with Gasteiger partial charge >= 0.3 is 0 Å². The number of aromatic nitrogens is 3. The van der Waals surface area contributed by atoms with E-state index in [-0.39, 0.29) is 0 Å². The number of aryl methyl sites for hydroxylation is 1. The first-order valence-corrected chi connectivity index (χ1v) is 5.98. The summed E-state index contributed by atoms with van der Waals surface area (Å²) in [6.45, 7) is 2.07. The van der Waals surface area contributed by atoms with Crippen LogP contribution in [0.15, 0.2) is 24.3 Å². The van der Waals surface area contributed by atoms with Gasteiger partial charge in [-0.25, -0.2) is 0 Å². The number of nitrogens with zero attached hydrogens (tertiary/aromatic N) is 3. The van der Waals surface area contributed by atoms with Crippen LogP contribution in [0.2, 0.25) is 0 Å². The van der Waals surface area contributed by atoms with Crippen LogP contribution in [0.1, 0.15) is 12.7 Å². The number of aromatic amines is 1. The maximum absolute atomic E-state index is 5.24. The number of rotatable bonds is 3. The van der Waals surface area contributed by atoms with Crippen LogP contribution in [0, 0.1) is 4.77 Å². The quantitative estimate of drug-likeness (QED) is 0.848. The fraction of sp³-hybridized carbons (Fsp3) is 0.333. The van der Waals surface area contributed by atoms with Crippen molar-refractivity contribution in [1.29, 1.82) is 0 Å². The highest BCUT2D eigenvalue weighted by Gasteiger charge is 2.06. The largest absolute Gasteiger partial charge is 0.378 e. The Balaban J connectivity index is 2.46. The molecule has 0 aliphatic rings. The molecular weight excluding hydrogens is 232 g/mol. The molecule has 1 aromatic heterocycles. The van der Waals surface area contributed by atoms with Crippen molar-refractivity contribution in [2.75, 3.05) is 19.0 Å². The van der Waals surface area contributed by atoms with Crippen LogP contribution < -0.4 is 4.90 Å². The van der Waals surface area contributed by atoms with Crippen LogP contribution >= 0.6 is 12.2 Å². The molecule has 0 radical (unpaired) electrons. The first-order valence-electron chi connectivity index (χ1n) is 5.57. The van der Waals surface area contributed by atoms with Crippen molar-refractivity contribution in [2.24, 2.45) is 0 Å². The van der Waals surface area contributed by atoms with Gasteiger partial charge in [-0.3, -0.25) is 9.67 Å². The number of hydrogen-bond acceptors (Lipinski definition) is 3. The predicted octanol–water partition coefficient (Wildman–Crippen LogP) is 2.56. The molecule has 2 aromatic rings. The van der Waals surface area contributed by atoms with Gasteiger partial charge < -0.3 is 4.90 Å². The third-order valence-electron chi connectivity index (χ3n) is 2.68. The zero-order chi connectivity index (χ0) is 12.4. The van der Waals surface area contributed by atoms with E-state index in [9.17, 15) is 0 Å². The van der Waals surface area contributed by atoms with Crippen LogP contribution in [0.25, 0.3) is 5.69 Å². The summed E-state index contributed by atoms with van der Waals surface area (Å²) in [6.07, 6.45) is 0.850. The number of hydrogen-bond donors (Lipinski definition) is 1. The Morgan fingerprint density at radius 1 is 1.29 bits per heavy atom. The third kappa shape index (κ3) is 2.24. The Bertz CT molecular complexity index is 551. The minimum atomic E-state index is 0.638. The highest BCUT2D eigenvalue weighted by Crippen LogP contribution is 2.17. The van der Waals surface area contributed by atoms with Gasteiger partial charge in [-0.1, -0.05) is 6.92 Å². The lowest BCUT2D eigenvalue weighted by Crippen LogP contribution is -2.08. The van der Waals surface area contributed by atoms with Crippen molar-refractivity contribution in [3.63, 3.8) is 0 Å². The summed E-state index contributed by atoms with van der Waals surface area (Å²) < 4.78 is 2.61. The standard InChI is InChI=1S/C12H16N4S/c1-4-11-13-14-12(17)16(11)10-7-5-9(6-8-10)15(2)3/h5-8H,4H2,1-3H3,(H,14,17). The van der Waals surface area contributed by atoms with Crippen LogP contribution in [-0.4, -0.2) is 28.9 Å². The molecule has 2 rings (SSSR count). The van der Waals surface area contributed by atoms with Crippen molar-refractivity contribution < 1.29 is 0 Å². The Hall–Kier alpha value is -1.62. The van der Waals surface area contributed by atoms with Crippen molar-refractivity contribution in [3.05, 3.63) is 34.9 Å². The molecule has 5 heteroatoms. The van der Waals surface area contributed by atoms with Crippen molar-refractivity contribution in [3.8, 4) is 5.69 Å². The minimum absolute atomic E-state index is 0.638. The van der Waals surface area contributed by atoms with Gasteiger partial charge in [0.2, 0.25) is 0 Å². The Labute approximate surface area is 106 Å². The summed E-state index contributed by atoms with van der Waals surface area (Å²) in [7, 11) is 4.05. The molecule has 0 spiro atoms. The van der Waals surface area contributed by atoms with E-state index < -0.39 is 0 Å². The summed E-state index contributed by atoms with van der Waals surface area (Å²) in [5.74, 6) is 0.951. The van der Waals surface area contributed by atoms with Gasteiger partial charge in [0.05, 0.1) is 0 Å².